The summed E-state index contributed by atoms with van der Waals surface area (Å²) in [5.74, 6) is 1.56. The van der Waals surface area contributed by atoms with E-state index in [1.807, 2.05) is 41.8 Å². The highest BCUT2D eigenvalue weighted by atomic mass is 79.9. The van der Waals surface area contributed by atoms with Crippen LogP contribution in [0.15, 0.2) is 64.3 Å². The van der Waals surface area contributed by atoms with E-state index in [0.717, 1.165) is 17.8 Å². The predicted octanol–water partition coefficient (Wildman–Crippen LogP) is 3.66. The SMILES string of the molecule is CCN1C(=O)c2nc(Br)n(Cc3ccc(O)cc3)c2N2C[C@@H](Cc3ccccc3)N=C12. The molecule has 0 aliphatic carbocycles. The first-order valence-electron chi connectivity index (χ1n) is 10.3. The number of aliphatic imine (C=N–C) groups is 1. The summed E-state index contributed by atoms with van der Waals surface area (Å²) < 4.78 is 2.59. The molecule has 1 atom stereocenters. The van der Waals surface area contributed by atoms with Gasteiger partial charge in [-0.3, -0.25) is 19.2 Å². The lowest BCUT2D eigenvalue weighted by Crippen LogP contribution is -2.50. The molecule has 31 heavy (non-hydrogen) atoms. The van der Waals surface area contributed by atoms with Crippen molar-refractivity contribution < 1.29 is 9.90 Å². The number of aromatic hydroxyl groups is 1. The zero-order chi connectivity index (χ0) is 21.5. The summed E-state index contributed by atoms with van der Waals surface area (Å²) in [6.07, 6.45) is 0.815. The molecule has 5 rings (SSSR count). The highest BCUT2D eigenvalue weighted by Gasteiger charge is 2.43. The van der Waals surface area contributed by atoms with Crippen LogP contribution < -0.4 is 4.90 Å². The Morgan fingerprint density at radius 2 is 1.84 bits per heavy atom. The molecule has 3 heterocycles. The van der Waals surface area contributed by atoms with Gasteiger partial charge in [0.2, 0.25) is 5.96 Å². The van der Waals surface area contributed by atoms with Gasteiger partial charge in [-0.15, -0.1) is 0 Å². The molecular weight excluding hydrogens is 458 g/mol. The number of amides is 1. The molecule has 0 saturated carbocycles. The molecule has 2 aliphatic heterocycles. The molecule has 3 aromatic rings. The van der Waals surface area contributed by atoms with Crippen LogP contribution in [-0.4, -0.2) is 50.6 Å². The van der Waals surface area contributed by atoms with Gasteiger partial charge < -0.3 is 5.11 Å². The second-order valence-electron chi connectivity index (χ2n) is 7.74. The Morgan fingerprint density at radius 3 is 2.55 bits per heavy atom. The highest BCUT2D eigenvalue weighted by molar-refractivity contribution is 9.10. The maximum Gasteiger partial charge on any atom is 0.283 e. The number of hydrogen-bond acceptors (Lipinski definition) is 5. The number of hydrogen-bond donors (Lipinski definition) is 1. The fourth-order valence-electron chi connectivity index (χ4n) is 4.22. The highest BCUT2D eigenvalue weighted by Crippen LogP contribution is 2.35. The van der Waals surface area contributed by atoms with E-state index >= 15 is 0 Å². The Hall–Kier alpha value is -3.13. The Kier molecular flexibility index (Phi) is 5.02. The number of phenolic OH excluding ortho intramolecular Hbond substituents is 1. The number of halogens is 1. The number of phenols is 1. The summed E-state index contributed by atoms with van der Waals surface area (Å²) in [5, 5.41) is 9.59. The van der Waals surface area contributed by atoms with Crippen molar-refractivity contribution in [2.75, 3.05) is 18.0 Å². The van der Waals surface area contributed by atoms with Gasteiger partial charge >= 0.3 is 0 Å². The van der Waals surface area contributed by atoms with Gasteiger partial charge in [-0.05, 0) is 52.5 Å². The van der Waals surface area contributed by atoms with Crippen LogP contribution in [0.5, 0.6) is 5.75 Å². The van der Waals surface area contributed by atoms with Gasteiger partial charge in [0.05, 0.1) is 19.1 Å². The van der Waals surface area contributed by atoms with Gasteiger partial charge in [0.25, 0.3) is 5.91 Å². The lowest BCUT2D eigenvalue weighted by atomic mass is 10.1. The van der Waals surface area contributed by atoms with Crippen molar-refractivity contribution in [1.29, 1.82) is 0 Å². The van der Waals surface area contributed by atoms with E-state index in [1.54, 1.807) is 17.0 Å². The van der Waals surface area contributed by atoms with E-state index in [1.165, 1.54) is 5.56 Å². The summed E-state index contributed by atoms with van der Waals surface area (Å²) >= 11 is 3.55. The number of guanidine groups is 1. The summed E-state index contributed by atoms with van der Waals surface area (Å²) in [4.78, 5) is 26.5. The van der Waals surface area contributed by atoms with Crippen molar-refractivity contribution in [3.8, 4) is 5.75 Å². The van der Waals surface area contributed by atoms with Gasteiger partial charge in [-0.1, -0.05) is 42.5 Å². The Labute approximate surface area is 188 Å². The molecule has 1 aromatic heterocycles. The number of carbonyl (C=O) groups excluding carboxylic acids is 1. The maximum absolute atomic E-state index is 13.2. The van der Waals surface area contributed by atoms with Gasteiger partial charge in [0.15, 0.2) is 10.4 Å². The average molecular weight is 480 g/mol. The van der Waals surface area contributed by atoms with E-state index in [9.17, 15) is 9.90 Å². The van der Waals surface area contributed by atoms with Gasteiger partial charge in [-0.25, -0.2) is 9.98 Å². The fraction of sp³-hybridized carbons (Fsp3) is 0.261. The molecular formula is C23H22BrN5O2. The van der Waals surface area contributed by atoms with Crippen molar-refractivity contribution in [2.45, 2.75) is 25.9 Å². The minimum Gasteiger partial charge on any atom is -0.508 e. The monoisotopic (exact) mass is 479 g/mol. The zero-order valence-corrected chi connectivity index (χ0v) is 18.7. The molecule has 0 saturated heterocycles. The van der Waals surface area contributed by atoms with E-state index in [0.29, 0.717) is 36.0 Å². The van der Waals surface area contributed by atoms with Gasteiger partial charge in [0.1, 0.15) is 11.6 Å². The molecule has 0 spiro atoms. The van der Waals surface area contributed by atoms with Crippen molar-refractivity contribution in [3.05, 3.63) is 76.2 Å². The zero-order valence-electron chi connectivity index (χ0n) is 17.1. The quantitative estimate of drug-likeness (QED) is 0.605. The third kappa shape index (κ3) is 3.50. The topological polar surface area (TPSA) is 74.0 Å². The number of anilines is 1. The number of nitrogens with zero attached hydrogens (tertiary/aromatic N) is 5. The minimum atomic E-state index is -0.127. The fourth-order valence-corrected chi connectivity index (χ4v) is 4.69. The Morgan fingerprint density at radius 1 is 1.10 bits per heavy atom. The summed E-state index contributed by atoms with van der Waals surface area (Å²) in [7, 11) is 0. The molecule has 2 aliphatic rings. The summed E-state index contributed by atoms with van der Waals surface area (Å²) in [6.45, 7) is 3.70. The normalized spacial score (nSPS) is 17.5. The van der Waals surface area contributed by atoms with Crippen LogP contribution in [0.3, 0.4) is 0 Å². The predicted molar refractivity (Wildman–Crippen MR) is 123 cm³/mol. The first kappa shape index (κ1) is 19.8. The molecule has 0 bridgehead atoms. The first-order chi connectivity index (χ1) is 15.0. The standard InChI is InChI=1S/C23H22BrN5O2/c1-2-27-21(31)19-20(28(22(24)26-19)13-16-8-10-18(30)11-9-16)29-14-17(25-23(27)29)12-15-6-4-3-5-7-15/h3-11,17,30H,2,12-14H2,1H3/t17-/m1/s1. The van der Waals surface area contributed by atoms with Crippen LogP contribution >= 0.6 is 15.9 Å². The van der Waals surface area contributed by atoms with Crippen molar-refractivity contribution in [1.82, 2.24) is 14.5 Å². The van der Waals surface area contributed by atoms with E-state index in [-0.39, 0.29) is 17.7 Å². The van der Waals surface area contributed by atoms with E-state index in [2.05, 4.69) is 37.9 Å². The number of benzene rings is 2. The molecule has 1 N–H and O–H groups in total. The molecule has 0 fully saturated rings. The van der Waals surface area contributed by atoms with Crippen LogP contribution in [0.4, 0.5) is 5.82 Å². The van der Waals surface area contributed by atoms with Crippen LogP contribution in [0, 0.1) is 0 Å². The van der Waals surface area contributed by atoms with Crippen molar-refractivity contribution in [3.63, 3.8) is 0 Å². The number of rotatable bonds is 5. The van der Waals surface area contributed by atoms with Crippen LogP contribution in [0.1, 0.15) is 28.5 Å². The Balaban J connectivity index is 1.52. The molecule has 8 heteroatoms. The van der Waals surface area contributed by atoms with Crippen LogP contribution in [0.25, 0.3) is 0 Å². The van der Waals surface area contributed by atoms with E-state index < -0.39 is 0 Å². The first-order valence-corrected chi connectivity index (χ1v) is 11.1. The third-order valence-corrected chi connectivity index (χ3v) is 6.28. The van der Waals surface area contributed by atoms with Crippen LogP contribution in [0.2, 0.25) is 0 Å². The summed E-state index contributed by atoms with van der Waals surface area (Å²) in [5.41, 5.74) is 2.67. The summed E-state index contributed by atoms with van der Waals surface area (Å²) in [6, 6.07) is 17.4. The molecule has 1 amide bonds. The molecule has 158 valence electrons. The Bertz CT molecular complexity index is 1160. The smallest absolute Gasteiger partial charge is 0.283 e. The number of aromatic nitrogens is 2. The molecule has 7 nitrogen and oxygen atoms in total. The average Bonchev–Trinajstić information content (AvgIpc) is 3.32. The largest absolute Gasteiger partial charge is 0.508 e. The number of carbonyl (C=O) groups is 1. The molecule has 0 unspecified atom stereocenters. The molecule has 2 aromatic carbocycles. The lowest BCUT2D eigenvalue weighted by molar-refractivity contribution is 0.0841. The number of imidazole rings is 1. The van der Waals surface area contributed by atoms with Gasteiger partial charge in [-0.2, -0.15) is 0 Å². The second kappa shape index (κ2) is 7.85. The number of fused-ring (bicyclic) bond motifs is 3. The van der Waals surface area contributed by atoms with Gasteiger partial charge in [0, 0.05) is 6.54 Å². The third-order valence-electron chi connectivity index (χ3n) is 5.68. The maximum atomic E-state index is 13.2. The lowest BCUT2D eigenvalue weighted by Gasteiger charge is -2.33. The second-order valence-corrected chi connectivity index (χ2v) is 8.45. The van der Waals surface area contributed by atoms with Crippen molar-refractivity contribution >= 4 is 33.6 Å². The molecule has 0 radical (unpaired) electrons. The van der Waals surface area contributed by atoms with Crippen molar-refractivity contribution in [2.24, 2.45) is 4.99 Å². The van der Waals surface area contributed by atoms with E-state index in [4.69, 9.17) is 4.99 Å². The van der Waals surface area contributed by atoms with Crippen LogP contribution in [-0.2, 0) is 13.0 Å². The minimum absolute atomic E-state index is 0.0565.